The number of aryl methyl sites for hydroxylation is 1. The molecule has 1 fully saturated rings. The first-order valence-corrected chi connectivity index (χ1v) is 10.8. The fraction of sp³-hybridized carbons (Fsp3) is 0.346. The van der Waals surface area contributed by atoms with E-state index in [1.807, 2.05) is 25.1 Å². The van der Waals surface area contributed by atoms with Gasteiger partial charge in [0.15, 0.2) is 0 Å². The van der Waals surface area contributed by atoms with Crippen molar-refractivity contribution in [3.8, 4) is 5.75 Å². The van der Waals surface area contributed by atoms with Crippen molar-refractivity contribution in [2.24, 2.45) is 0 Å². The minimum absolute atomic E-state index is 0.0383. The van der Waals surface area contributed by atoms with E-state index >= 15 is 0 Å². The van der Waals surface area contributed by atoms with Crippen LogP contribution in [0.25, 0.3) is 10.8 Å². The van der Waals surface area contributed by atoms with Crippen molar-refractivity contribution in [3.63, 3.8) is 0 Å². The highest BCUT2D eigenvalue weighted by atomic mass is 16.5. The highest BCUT2D eigenvalue weighted by Gasteiger charge is 2.46. The van der Waals surface area contributed by atoms with Crippen LogP contribution in [0.3, 0.4) is 0 Å². The monoisotopic (exact) mass is 402 g/mol. The molecule has 4 nitrogen and oxygen atoms in total. The third-order valence-electron chi connectivity index (χ3n) is 5.79. The molecule has 1 aliphatic carbocycles. The van der Waals surface area contributed by atoms with Gasteiger partial charge in [0.05, 0.1) is 5.54 Å². The van der Waals surface area contributed by atoms with E-state index in [2.05, 4.69) is 66.9 Å². The number of ether oxygens (including phenoxy) is 1. The number of carbonyl (C=O) groups excluding carboxylic acids is 1. The van der Waals surface area contributed by atoms with Crippen molar-refractivity contribution in [2.45, 2.75) is 45.2 Å². The highest BCUT2D eigenvalue weighted by molar-refractivity contribution is 5.97. The third-order valence-corrected chi connectivity index (χ3v) is 5.79. The van der Waals surface area contributed by atoms with Crippen molar-refractivity contribution in [1.29, 1.82) is 0 Å². The molecule has 0 aromatic heterocycles. The smallest absolute Gasteiger partial charge is 0.252 e. The molecule has 3 aromatic rings. The first kappa shape index (κ1) is 20.4. The van der Waals surface area contributed by atoms with Crippen LogP contribution in [0.2, 0.25) is 0 Å². The summed E-state index contributed by atoms with van der Waals surface area (Å²) in [5.41, 5.74) is 2.56. The minimum atomic E-state index is -0.275. The van der Waals surface area contributed by atoms with E-state index < -0.39 is 0 Å². The molecule has 0 atom stereocenters. The molecular formula is C26H30N2O2. The second-order valence-corrected chi connectivity index (χ2v) is 8.50. The summed E-state index contributed by atoms with van der Waals surface area (Å²) < 4.78 is 5.85. The van der Waals surface area contributed by atoms with Crippen LogP contribution in [0, 0.1) is 6.92 Å². The molecule has 0 unspecified atom stereocenters. The molecule has 1 aliphatic rings. The van der Waals surface area contributed by atoms with Crippen LogP contribution in [-0.4, -0.2) is 25.1 Å². The average molecular weight is 403 g/mol. The molecule has 0 heterocycles. The quantitative estimate of drug-likeness (QED) is 0.525. The summed E-state index contributed by atoms with van der Waals surface area (Å²) in [6.07, 6.45) is 1.92. The number of hydrogen-bond donors (Lipinski definition) is 2. The van der Waals surface area contributed by atoms with Crippen LogP contribution in [-0.2, 0) is 5.54 Å². The number of amides is 1. The molecular weight excluding hydrogens is 372 g/mol. The van der Waals surface area contributed by atoms with Gasteiger partial charge >= 0.3 is 0 Å². The Balaban J connectivity index is 1.51. The molecule has 0 radical (unpaired) electrons. The van der Waals surface area contributed by atoms with Gasteiger partial charge in [-0.2, -0.15) is 0 Å². The first-order chi connectivity index (χ1) is 14.5. The number of fused-ring (bicyclic) bond motifs is 1. The van der Waals surface area contributed by atoms with Crippen LogP contribution in [0.5, 0.6) is 5.75 Å². The van der Waals surface area contributed by atoms with E-state index in [1.165, 1.54) is 16.3 Å². The third kappa shape index (κ3) is 4.34. The predicted octanol–water partition coefficient (Wildman–Crippen LogP) is 4.94. The van der Waals surface area contributed by atoms with Gasteiger partial charge in [0, 0.05) is 18.2 Å². The first-order valence-electron chi connectivity index (χ1n) is 10.8. The Kier molecular flexibility index (Phi) is 5.78. The zero-order chi connectivity index (χ0) is 21.1. The maximum atomic E-state index is 13.2. The largest absolute Gasteiger partial charge is 0.492 e. The normalized spacial score (nSPS) is 14.7. The van der Waals surface area contributed by atoms with Crippen LogP contribution < -0.4 is 15.4 Å². The summed E-state index contributed by atoms with van der Waals surface area (Å²) in [4.78, 5) is 13.2. The van der Waals surface area contributed by atoms with Gasteiger partial charge in [0.25, 0.3) is 5.91 Å². The lowest BCUT2D eigenvalue weighted by Gasteiger charge is -2.21. The summed E-state index contributed by atoms with van der Waals surface area (Å²) >= 11 is 0. The van der Waals surface area contributed by atoms with Crippen LogP contribution >= 0.6 is 0 Å². The molecule has 0 bridgehead atoms. The van der Waals surface area contributed by atoms with Gasteiger partial charge in [0.1, 0.15) is 12.4 Å². The van der Waals surface area contributed by atoms with Gasteiger partial charge in [0.2, 0.25) is 0 Å². The molecule has 3 aromatic carbocycles. The Morgan fingerprint density at radius 1 is 1.07 bits per heavy atom. The lowest BCUT2D eigenvalue weighted by Crippen LogP contribution is -2.35. The van der Waals surface area contributed by atoms with Crippen LogP contribution in [0.15, 0.2) is 60.7 Å². The molecule has 4 rings (SSSR count). The number of carbonyl (C=O) groups is 1. The summed E-state index contributed by atoms with van der Waals surface area (Å²) in [6.45, 7) is 7.53. The number of rotatable bonds is 8. The molecule has 0 spiro atoms. The lowest BCUT2D eigenvalue weighted by atomic mass is 9.96. The predicted molar refractivity (Wildman–Crippen MR) is 122 cm³/mol. The summed E-state index contributed by atoms with van der Waals surface area (Å²) in [5, 5.41) is 9.09. The Labute approximate surface area is 178 Å². The molecule has 156 valence electrons. The molecule has 2 N–H and O–H groups in total. The highest BCUT2D eigenvalue weighted by Crippen LogP contribution is 2.48. The molecule has 4 heteroatoms. The van der Waals surface area contributed by atoms with E-state index in [1.54, 1.807) is 0 Å². The second-order valence-electron chi connectivity index (χ2n) is 8.50. The van der Waals surface area contributed by atoms with Crippen molar-refractivity contribution in [1.82, 2.24) is 10.6 Å². The molecule has 1 saturated carbocycles. The van der Waals surface area contributed by atoms with E-state index in [-0.39, 0.29) is 11.4 Å². The maximum absolute atomic E-state index is 13.2. The van der Waals surface area contributed by atoms with Gasteiger partial charge in [-0.15, -0.1) is 0 Å². The molecule has 30 heavy (non-hydrogen) atoms. The zero-order valence-corrected chi connectivity index (χ0v) is 18.0. The van der Waals surface area contributed by atoms with Gasteiger partial charge in [-0.1, -0.05) is 62.4 Å². The van der Waals surface area contributed by atoms with E-state index in [0.29, 0.717) is 18.2 Å². The van der Waals surface area contributed by atoms with Crippen molar-refractivity contribution < 1.29 is 9.53 Å². The number of hydrogen-bond acceptors (Lipinski definition) is 3. The van der Waals surface area contributed by atoms with Crippen molar-refractivity contribution in [3.05, 3.63) is 77.4 Å². The SMILES string of the molecule is Cc1ccc(OCCNC(C)C)cc1C(=O)NC1(c2cccc3ccccc23)CC1. The number of benzene rings is 3. The van der Waals surface area contributed by atoms with Crippen LogP contribution in [0.4, 0.5) is 0 Å². The van der Waals surface area contributed by atoms with Crippen molar-refractivity contribution >= 4 is 16.7 Å². The van der Waals surface area contributed by atoms with Gasteiger partial charge in [-0.05, 0) is 53.8 Å². The fourth-order valence-corrected chi connectivity index (χ4v) is 3.97. The fourth-order valence-electron chi connectivity index (χ4n) is 3.97. The second kappa shape index (κ2) is 8.49. The van der Waals surface area contributed by atoms with Gasteiger partial charge < -0.3 is 15.4 Å². The average Bonchev–Trinajstić information content (AvgIpc) is 3.52. The Morgan fingerprint density at radius 3 is 2.60 bits per heavy atom. The summed E-state index contributed by atoms with van der Waals surface area (Å²) in [5.74, 6) is 0.690. The molecule has 0 aliphatic heterocycles. The molecule has 1 amide bonds. The summed E-state index contributed by atoms with van der Waals surface area (Å²) in [6, 6.07) is 20.9. The minimum Gasteiger partial charge on any atom is -0.492 e. The van der Waals surface area contributed by atoms with E-state index in [4.69, 9.17) is 4.74 Å². The summed E-state index contributed by atoms with van der Waals surface area (Å²) in [7, 11) is 0. The van der Waals surface area contributed by atoms with Gasteiger partial charge in [-0.3, -0.25) is 4.79 Å². The zero-order valence-electron chi connectivity index (χ0n) is 18.0. The van der Waals surface area contributed by atoms with Crippen molar-refractivity contribution in [2.75, 3.05) is 13.2 Å². The van der Waals surface area contributed by atoms with Gasteiger partial charge in [-0.25, -0.2) is 0 Å². The number of nitrogens with one attached hydrogen (secondary N) is 2. The maximum Gasteiger partial charge on any atom is 0.252 e. The molecule has 0 saturated heterocycles. The standard InChI is InChI=1S/C26H30N2O2/c1-18(2)27-15-16-30-21-12-11-19(3)23(17-21)25(29)28-26(13-14-26)24-10-6-8-20-7-4-5-9-22(20)24/h4-12,17-18,27H,13-16H2,1-3H3,(H,28,29). The Bertz CT molecular complexity index is 1050. The van der Waals surface area contributed by atoms with E-state index in [9.17, 15) is 4.79 Å². The topological polar surface area (TPSA) is 50.4 Å². The Hall–Kier alpha value is -2.85. The Morgan fingerprint density at radius 2 is 1.83 bits per heavy atom. The van der Waals surface area contributed by atoms with Crippen LogP contribution in [0.1, 0.15) is 48.2 Å². The lowest BCUT2D eigenvalue weighted by molar-refractivity contribution is 0.0930. The van der Waals surface area contributed by atoms with E-state index in [0.717, 1.165) is 30.7 Å².